The summed E-state index contributed by atoms with van der Waals surface area (Å²) in [6, 6.07) is 12.5. The van der Waals surface area contributed by atoms with E-state index in [1.165, 1.54) is 0 Å². The lowest BCUT2D eigenvalue weighted by Gasteiger charge is -2.31. The number of carboxylic acids is 1. The van der Waals surface area contributed by atoms with Gasteiger partial charge in [-0.3, -0.25) is 4.79 Å². The number of esters is 1. The fraction of sp³-hybridized carbons (Fsp3) is 0.276. The first kappa shape index (κ1) is 24.7. The molecule has 0 saturated heterocycles. The number of nitrogens with zero attached hydrogens (tertiary/aromatic N) is 3. The van der Waals surface area contributed by atoms with Gasteiger partial charge in [0.05, 0.1) is 35.6 Å². The van der Waals surface area contributed by atoms with E-state index in [1.807, 2.05) is 35.0 Å². The van der Waals surface area contributed by atoms with Crippen LogP contribution in [0.3, 0.4) is 0 Å². The number of benzene rings is 1. The van der Waals surface area contributed by atoms with Gasteiger partial charge in [0.2, 0.25) is 0 Å². The third-order valence-corrected chi connectivity index (χ3v) is 7.41. The van der Waals surface area contributed by atoms with Gasteiger partial charge in [-0.15, -0.1) is 0 Å². The molecule has 2 N–H and O–H groups in total. The molecule has 0 bridgehead atoms. The minimum Gasteiger partial charge on any atom is -0.493 e. The van der Waals surface area contributed by atoms with Gasteiger partial charge in [-0.25, -0.2) is 19.1 Å². The Morgan fingerprint density at radius 1 is 1.23 bits per heavy atom. The van der Waals surface area contributed by atoms with E-state index < -0.39 is 17.5 Å². The van der Waals surface area contributed by atoms with E-state index in [4.69, 9.17) is 19.6 Å². The van der Waals surface area contributed by atoms with Gasteiger partial charge in [-0.2, -0.15) is 0 Å². The van der Waals surface area contributed by atoms with Crippen LogP contribution in [0.25, 0.3) is 22.3 Å². The fourth-order valence-corrected chi connectivity index (χ4v) is 5.28. The van der Waals surface area contributed by atoms with Crippen LogP contribution in [0.5, 0.6) is 5.75 Å². The minimum absolute atomic E-state index is 0.0932. The number of aliphatic hydroxyl groups is 1. The highest BCUT2D eigenvalue weighted by Crippen LogP contribution is 2.38. The summed E-state index contributed by atoms with van der Waals surface area (Å²) in [5, 5.41) is 21.0. The fourth-order valence-electron chi connectivity index (χ4n) is 5.28. The van der Waals surface area contributed by atoms with Crippen LogP contribution < -0.4 is 14.9 Å². The van der Waals surface area contributed by atoms with Crippen LogP contribution in [0.4, 0.5) is 0 Å². The first-order valence-corrected chi connectivity index (χ1v) is 12.7. The molecule has 6 rings (SSSR count). The van der Waals surface area contributed by atoms with Crippen LogP contribution >= 0.6 is 0 Å². The summed E-state index contributed by atoms with van der Waals surface area (Å²) >= 11 is 0. The second-order valence-electron chi connectivity index (χ2n) is 9.79. The normalized spacial score (nSPS) is 17.3. The molecule has 5 heterocycles. The molecule has 0 radical (unpaired) electrons. The third-order valence-electron chi connectivity index (χ3n) is 7.41. The Labute approximate surface area is 222 Å². The van der Waals surface area contributed by atoms with Crippen molar-refractivity contribution in [2.24, 2.45) is 0 Å². The molecule has 3 aromatic heterocycles. The number of aromatic nitrogens is 3. The largest absolute Gasteiger partial charge is 0.493 e. The highest BCUT2D eigenvalue weighted by molar-refractivity contribution is 5.87. The minimum atomic E-state index is -1.86. The average molecular weight is 529 g/mol. The maximum absolute atomic E-state index is 13.3. The molecular formula is C29H26N3O7+. The van der Waals surface area contributed by atoms with Crippen LogP contribution in [0.2, 0.25) is 0 Å². The van der Waals surface area contributed by atoms with Crippen molar-refractivity contribution in [1.82, 2.24) is 9.55 Å². The van der Waals surface area contributed by atoms with Crippen molar-refractivity contribution in [2.75, 3.05) is 6.61 Å². The van der Waals surface area contributed by atoms with Gasteiger partial charge in [0, 0.05) is 29.0 Å². The molecule has 2 aliphatic heterocycles. The van der Waals surface area contributed by atoms with Gasteiger partial charge < -0.3 is 24.3 Å². The summed E-state index contributed by atoms with van der Waals surface area (Å²) < 4.78 is 14.5. The van der Waals surface area contributed by atoms with Crippen molar-refractivity contribution in [3.05, 3.63) is 87.5 Å². The molecule has 0 fully saturated rings. The van der Waals surface area contributed by atoms with Gasteiger partial charge in [0.25, 0.3) is 5.56 Å². The number of carbonyl (C=O) groups excluding carboxylic acids is 1. The maximum atomic E-state index is 13.3. The lowest BCUT2D eigenvalue weighted by atomic mass is 9.86. The Bertz CT molecular complexity index is 1730. The molecule has 2 aliphatic rings. The zero-order valence-electron chi connectivity index (χ0n) is 21.2. The Balaban J connectivity index is 1.23. The Morgan fingerprint density at radius 3 is 2.87 bits per heavy atom. The van der Waals surface area contributed by atoms with Crippen molar-refractivity contribution < 1.29 is 33.8 Å². The molecular weight excluding hydrogens is 502 g/mol. The lowest BCUT2D eigenvalue weighted by molar-refractivity contribution is -0.697. The van der Waals surface area contributed by atoms with Crippen molar-refractivity contribution in [2.45, 2.75) is 45.1 Å². The zero-order valence-corrected chi connectivity index (χ0v) is 21.2. The first-order chi connectivity index (χ1) is 18.8. The van der Waals surface area contributed by atoms with Crippen LogP contribution in [0.15, 0.2) is 59.7 Å². The van der Waals surface area contributed by atoms with Gasteiger partial charge >= 0.3 is 11.9 Å². The van der Waals surface area contributed by atoms with Crippen molar-refractivity contribution in [1.29, 1.82) is 0 Å². The van der Waals surface area contributed by atoms with E-state index in [-0.39, 0.29) is 24.2 Å². The molecule has 198 valence electrons. The molecule has 0 aliphatic carbocycles. The monoisotopic (exact) mass is 528 g/mol. The molecule has 10 heteroatoms. The lowest BCUT2D eigenvalue weighted by Crippen LogP contribution is -2.44. The number of hydrogen-bond acceptors (Lipinski definition) is 7. The summed E-state index contributed by atoms with van der Waals surface area (Å²) in [6.07, 6.45) is 4.20. The molecule has 0 saturated carbocycles. The van der Waals surface area contributed by atoms with Gasteiger partial charge in [0.1, 0.15) is 17.9 Å². The molecule has 1 aromatic carbocycles. The second kappa shape index (κ2) is 9.32. The number of pyridine rings is 3. The van der Waals surface area contributed by atoms with Crippen LogP contribution in [0.1, 0.15) is 46.8 Å². The predicted molar refractivity (Wildman–Crippen MR) is 138 cm³/mol. The standard InChI is InChI=1S/C29H25N3O7/c1-2-29(37)22-13-24-25-19(15-32(24)26(33)21(22)16-39-28(29)36)11-18-12-20(6-7-23(18)30-25)38-10-4-9-31-8-3-5-17(14-31)27(34)35/h3,5-8,11-14,37H,2,4,9-10,15-16H2,1H3/p+1/t29-/m0/s1. The van der Waals surface area contributed by atoms with E-state index in [0.29, 0.717) is 54.4 Å². The molecule has 10 nitrogen and oxygen atoms in total. The Kier molecular flexibility index (Phi) is 5.91. The number of cyclic esters (lactones) is 1. The van der Waals surface area contributed by atoms with E-state index in [1.54, 1.807) is 35.9 Å². The summed E-state index contributed by atoms with van der Waals surface area (Å²) in [5.74, 6) is -1.03. The molecule has 4 aromatic rings. The molecule has 39 heavy (non-hydrogen) atoms. The number of carbonyl (C=O) groups is 2. The van der Waals surface area contributed by atoms with Crippen molar-refractivity contribution >= 4 is 22.8 Å². The molecule has 1 atom stereocenters. The summed E-state index contributed by atoms with van der Waals surface area (Å²) in [5.41, 5.74) is 1.49. The number of fused-ring (bicyclic) bond motifs is 5. The topological polar surface area (TPSA) is 132 Å². The van der Waals surface area contributed by atoms with Gasteiger partial charge in [-0.05, 0) is 42.8 Å². The number of carboxylic acid groups (broad SMARTS) is 1. The number of ether oxygens (including phenoxy) is 2. The predicted octanol–water partition coefficient (Wildman–Crippen LogP) is 2.53. The van der Waals surface area contributed by atoms with Crippen molar-refractivity contribution in [3.63, 3.8) is 0 Å². The van der Waals surface area contributed by atoms with Crippen LogP contribution in [-0.4, -0.2) is 38.3 Å². The summed E-state index contributed by atoms with van der Waals surface area (Å²) in [7, 11) is 0. The summed E-state index contributed by atoms with van der Waals surface area (Å²) in [4.78, 5) is 41.6. The SMILES string of the molecule is CC[C@@]1(O)C(=O)OCc2c1cc1n(c2=O)Cc2cc3cc(OCCC[n+]4cccc(C(=O)O)c4)ccc3nc2-1. The molecule has 0 unspecified atom stereocenters. The zero-order chi connectivity index (χ0) is 27.3. The van der Waals surface area contributed by atoms with E-state index >= 15 is 0 Å². The number of aryl methyl sites for hydroxylation is 1. The average Bonchev–Trinajstić information content (AvgIpc) is 3.30. The second-order valence-corrected chi connectivity index (χ2v) is 9.79. The number of aromatic carboxylic acids is 1. The summed E-state index contributed by atoms with van der Waals surface area (Å²) in [6.45, 7) is 2.91. The number of rotatable bonds is 7. The highest BCUT2D eigenvalue weighted by atomic mass is 16.6. The van der Waals surface area contributed by atoms with Gasteiger partial charge in [-0.1, -0.05) is 6.92 Å². The van der Waals surface area contributed by atoms with Crippen LogP contribution in [-0.2, 0) is 34.8 Å². The first-order valence-electron chi connectivity index (χ1n) is 12.7. The molecule has 0 spiro atoms. The van der Waals surface area contributed by atoms with E-state index in [2.05, 4.69) is 0 Å². The smallest absolute Gasteiger partial charge is 0.343 e. The Hall–Kier alpha value is -4.57. The maximum Gasteiger partial charge on any atom is 0.343 e. The highest BCUT2D eigenvalue weighted by Gasteiger charge is 2.45. The Morgan fingerprint density at radius 2 is 2.08 bits per heavy atom. The number of hydrogen-bond donors (Lipinski definition) is 2. The van der Waals surface area contributed by atoms with Crippen LogP contribution in [0, 0.1) is 0 Å². The third kappa shape index (κ3) is 4.13. The quantitative estimate of drug-likeness (QED) is 0.187. The van der Waals surface area contributed by atoms with E-state index in [0.717, 1.165) is 16.5 Å². The van der Waals surface area contributed by atoms with E-state index in [9.17, 15) is 19.5 Å². The van der Waals surface area contributed by atoms with Crippen molar-refractivity contribution in [3.8, 4) is 17.1 Å². The van der Waals surface area contributed by atoms with Gasteiger partial charge in [0.15, 0.2) is 24.5 Å². The molecule has 0 amide bonds.